The highest BCUT2D eigenvalue weighted by atomic mass is 35.5. The van der Waals surface area contributed by atoms with Gasteiger partial charge in [-0.25, -0.2) is 0 Å². The van der Waals surface area contributed by atoms with Crippen LogP contribution in [0.2, 0.25) is 5.02 Å². The van der Waals surface area contributed by atoms with Crippen molar-refractivity contribution >= 4 is 23.2 Å². The number of rotatable bonds is 3. The maximum Gasteiger partial charge on any atom is 0.231 e. The van der Waals surface area contributed by atoms with E-state index in [1.54, 1.807) is 48.3 Å². The van der Waals surface area contributed by atoms with E-state index in [0.29, 0.717) is 16.3 Å². The first-order valence-corrected chi connectivity index (χ1v) is 6.49. The van der Waals surface area contributed by atoms with Gasteiger partial charge in [-0.3, -0.25) is 4.79 Å². The number of carbonyl (C=O) groups is 1. The molecule has 0 saturated carbocycles. The molecule has 1 amide bonds. The van der Waals surface area contributed by atoms with Crippen molar-refractivity contribution in [1.29, 1.82) is 5.26 Å². The molecule has 0 bridgehead atoms. The summed E-state index contributed by atoms with van der Waals surface area (Å²) in [5, 5.41) is 9.50. The van der Waals surface area contributed by atoms with Crippen LogP contribution in [0.5, 0.6) is 0 Å². The van der Waals surface area contributed by atoms with Gasteiger partial charge in [-0.05, 0) is 35.9 Å². The van der Waals surface area contributed by atoms with Crippen LogP contribution in [0.4, 0.5) is 5.69 Å². The van der Waals surface area contributed by atoms with Gasteiger partial charge in [0.1, 0.15) is 0 Å². The van der Waals surface area contributed by atoms with Gasteiger partial charge >= 0.3 is 0 Å². The normalized spacial score (nSPS) is 9.85. The Morgan fingerprint density at radius 3 is 2.70 bits per heavy atom. The summed E-state index contributed by atoms with van der Waals surface area (Å²) in [6.07, 6.45) is 0.272. The number of nitrogens with zero attached hydrogens (tertiary/aromatic N) is 2. The summed E-state index contributed by atoms with van der Waals surface area (Å²) in [6, 6.07) is 16.3. The van der Waals surface area contributed by atoms with Gasteiger partial charge in [-0.2, -0.15) is 5.26 Å². The summed E-state index contributed by atoms with van der Waals surface area (Å²) >= 11 is 5.90. The molecule has 0 aromatic heterocycles. The second kappa shape index (κ2) is 6.23. The third-order valence-corrected chi connectivity index (χ3v) is 3.22. The lowest BCUT2D eigenvalue weighted by Gasteiger charge is -2.17. The molecule has 0 spiro atoms. The number of anilines is 1. The highest BCUT2D eigenvalue weighted by Crippen LogP contribution is 2.17. The SMILES string of the molecule is CN(C(=O)Cc1cccc(Cl)c1)c1cccc(C#N)c1. The minimum atomic E-state index is -0.0534. The standard InChI is InChI=1S/C16H13ClN2O/c1-19(15-7-3-5-13(9-15)11-18)16(20)10-12-4-2-6-14(17)8-12/h2-9H,10H2,1H3. The van der Waals surface area contributed by atoms with Crippen molar-refractivity contribution in [3.8, 4) is 6.07 Å². The van der Waals surface area contributed by atoms with Crippen LogP contribution in [0, 0.1) is 11.3 Å². The first-order valence-electron chi connectivity index (χ1n) is 6.11. The number of likely N-dealkylation sites (N-methyl/N-ethyl adjacent to an activating group) is 1. The molecule has 0 fully saturated rings. The molecule has 0 unspecified atom stereocenters. The minimum Gasteiger partial charge on any atom is -0.315 e. The van der Waals surface area contributed by atoms with E-state index in [1.807, 2.05) is 12.1 Å². The highest BCUT2D eigenvalue weighted by Gasteiger charge is 2.12. The molecule has 100 valence electrons. The Balaban J connectivity index is 2.14. The zero-order valence-corrected chi connectivity index (χ0v) is 11.8. The molecule has 0 heterocycles. The monoisotopic (exact) mass is 284 g/mol. The molecule has 0 saturated heterocycles. The summed E-state index contributed by atoms with van der Waals surface area (Å²) in [4.78, 5) is 13.8. The first-order chi connectivity index (χ1) is 9.60. The summed E-state index contributed by atoms with van der Waals surface area (Å²) in [5.74, 6) is -0.0534. The van der Waals surface area contributed by atoms with Crippen molar-refractivity contribution < 1.29 is 4.79 Å². The van der Waals surface area contributed by atoms with E-state index >= 15 is 0 Å². The van der Waals surface area contributed by atoms with Crippen molar-refractivity contribution in [2.24, 2.45) is 0 Å². The third kappa shape index (κ3) is 3.37. The number of hydrogen-bond donors (Lipinski definition) is 0. The number of benzene rings is 2. The average Bonchev–Trinajstić information content (AvgIpc) is 2.46. The molecule has 2 aromatic rings. The van der Waals surface area contributed by atoms with Crippen LogP contribution in [0.1, 0.15) is 11.1 Å². The van der Waals surface area contributed by atoms with E-state index in [4.69, 9.17) is 16.9 Å². The quantitative estimate of drug-likeness (QED) is 0.867. The Bertz CT molecular complexity index is 676. The molecule has 3 nitrogen and oxygen atoms in total. The number of halogens is 1. The van der Waals surface area contributed by atoms with E-state index < -0.39 is 0 Å². The smallest absolute Gasteiger partial charge is 0.231 e. The number of hydrogen-bond acceptors (Lipinski definition) is 2. The lowest BCUT2D eigenvalue weighted by molar-refractivity contribution is -0.117. The van der Waals surface area contributed by atoms with Crippen LogP contribution in [-0.2, 0) is 11.2 Å². The molecule has 0 N–H and O–H groups in total. The van der Waals surface area contributed by atoms with Gasteiger partial charge in [0.15, 0.2) is 0 Å². The van der Waals surface area contributed by atoms with E-state index in [9.17, 15) is 4.79 Å². The Labute approximate surface area is 123 Å². The fraction of sp³-hybridized carbons (Fsp3) is 0.125. The highest BCUT2D eigenvalue weighted by molar-refractivity contribution is 6.30. The van der Waals surface area contributed by atoms with Crippen LogP contribution in [0.25, 0.3) is 0 Å². The van der Waals surface area contributed by atoms with Gasteiger partial charge in [-0.15, -0.1) is 0 Å². The van der Waals surface area contributed by atoms with Gasteiger partial charge in [0.25, 0.3) is 0 Å². The van der Waals surface area contributed by atoms with Gasteiger partial charge in [0, 0.05) is 17.8 Å². The lowest BCUT2D eigenvalue weighted by Crippen LogP contribution is -2.27. The molecular weight excluding hydrogens is 272 g/mol. The van der Waals surface area contributed by atoms with Crippen molar-refractivity contribution in [2.75, 3.05) is 11.9 Å². The van der Waals surface area contributed by atoms with Gasteiger partial charge in [-0.1, -0.05) is 29.8 Å². The maximum atomic E-state index is 12.2. The van der Waals surface area contributed by atoms with E-state index in [-0.39, 0.29) is 12.3 Å². The number of carbonyl (C=O) groups excluding carboxylic acids is 1. The summed E-state index contributed by atoms with van der Waals surface area (Å²) in [7, 11) is 1.70. The van der Waals surface area contributed by atoms with Crippen LogP contribution in [0.3, 0.4) is 0 Å². The minimum absolute atomic E-state index is 0.0534. The predicted molar refractivity (Wildman–Crippen MR) is 79.7 cm³/mol. The fourth-order valence-corrected chi connectivity index (χ4v) is 2.08. The Morgan fingerprint density at radius 2 is 2.00 bits per heavy atom. The van der Waals surface area contributed by atoms with Gasteiger partial charge in [0.05, 0.1) is 18.1 Å². The summed E-state index contributed by atoms with van der Waals surface area (Å²) in [6.45, 7) is 0. The van der Waals surface area contributed by atoms with Gasteiger partial charge < -0.3 is 4.90 Å². The zero-order valence-electron chi connectivity index (χ0n) is 11.0. The van der Waals surface area contributed by atoms with Crippen LogP contribution >= 0.6 is 11.6 Å². The van der Waals surface area contributed by atoms with E-state index in [2.05, 4.69) is 6.07 Å². The van der Waals surface area contributed by atoms with Crippen LogP contribution < -0.4 is 4.90 Å². The second-order valence-corrected chi connectivity index (χ2v) is 4.86. The summed E-state index contributed by atoms with van der Waals surface area (Å²) in [5.41, 5.74) is 2.10. The molecule has 0 atom stereocenters. The topological polar surface area (TPSA) is 44.1 Å². The zero-order chi connectivity index (χ0) is 14.5. The van der Waals surface area contributed by atoms with Crippen LogP contribution in [0.15, 0.2) is 48.5 Å². The molecule has 2 aromatic carbocycles. The maximum absolute atomic E-state index is 12.2. The van der Waals surface area contributed by atoms with Crippen LogP contribution in [-0.4, -0.2) is 13.0 Å². The first kappa shape index (κ1) is 14.1. The molecule has 0 radical (unpaired) electrons. The van der Waals surface area contributed by atoms with E-state index in [0.717, 1.165) is 5.56 Å². The van der Waals surface area contributed by atoms with Crippen molar-refractivity contribution in [2.45, 2.75) is 6.42 Å². The second-order valence-electron chi connectivity index (χ2n) is 4.42. The molecular formula is C16H13ClN2O. The molecule has 0 aliphatic rings. The summed E-state index contributed by atoms with van der Waals surface area (Å²) < 4.78 is 0. The Morgan fingerprint density at radius 1 is 1.25 bits per heavy atom. The lowest BCUT2D eigenvalue weighted by atomic mass is 10.1. The molecule has 0 aliphatic heterocycles. The number of nitriles is 1. The predicted octanol–water partition coefficient (Wildman–Crippen LogP) is 3.42. The largest absolute Gasteiger partial charge is 0.315 e. The van der Waals surface area contributed by atoms with Crippen molar-refractivity contribution in [3.63, 3.8) is 0 Å². The Kier molecular flexibility index (Phi) is 4.39. The molecule has 4 heteroatoms. The molecule has 0 aliphatic carbocycles. The Hall–Kier alpha value is -2.31. The number of amides is 1. The van der Waals surface area contributed by atoms with Crippen molar-refractivity contribution in [3.05, 3.63) is 64.7 Å². The van der Waals surface area contributed by atoms with Crippen molar-refractivity contribution in [1.82, 2.24) is 0 Å². The third-order valence-electron chi connectivity index (χ3n) is 2.98. The fourth-order valence-electron chi connectivity index (χ4n) is 1.87. The average molecular weight is 285 g/mol. The van der Waals surface area contributed by atoms with E-state index in [1.165, 1.54) is 0 Å². The molecule has 20 heavy (non-hydrogen) atoms. The molecule has 2 rings (SSSR count). The van der Waals surface area contributed by atoms with Gasteiger partial charge in [0.2, 0.25) is 5.91 Å².